The zero-order valence-corrected chi connectivity index (χ0v) is 9.36. The van der Waals surface area contributed by atoms with Crippen LogP contribution >= 0.6 is 11.6 Å². The van der Waals surface area contributed by atoms with Gasteiger partial charge in [0, 0.05) is 25.0 Å². The van der Waals surface area contributed by atoms with Gasteiger partial charge in [0.15, 0.2) is 0 Å². The first kappa shape index (κ1) is 10.1. The monoisotopic (exact) mass is 223 g/mol. The van der Waals surface area contributed by atoms with E-state index in [1.165, 1.54) is 0 Å². The van der Waals surface area contributed by atoms with Crippen molar-refractivity contribution in [3.05, 3.63) is 29.5 Å². The molecule has 4 nitrogen and oxygen atoms in total. The number of nitrogens with zero attached hydrogens (tertiary/aromatic N) is 3. The van der Waals surface area contributed by atoms with E-state index in [1.54, 1.807) is 17.1 Å². The van der Waals surface area contributed by atoms with Crippen LogP contribution in [0.3, 0.4) is 0 Å². The average Bonchev–Trinajstić information content (AvgIpc) is 2.55. The maximum atomic E-state index is 6.22. The number of hydrogen-bond donors (Lipinski definition) is 1. The molecule has 15 heavy (non-hydrogen) atoms. The number of aryl methyl sites for hydroxylation is 1. The van der Waals surface area contributed by atoms with Crippen LogP contribution < -0.4 is 5.32 Å². The van der Waals surface area contributed by atoms with Gasteiger partial charge in [-0.2, -0.15) is 5.10 Å². The number of pyridine rings is 1. The van der Waals surface area contributed by atoms with Crippen molar-refractivity contribution >= 4 is 17.4 Å². The lowest BCUT2D eigenvalue weighted by Crippen LogP contribution is -2.73. The molecule has 0 fully saturated rings. The van der Waals surface area contributed by atoms with Gasteiger partial charge in [0.2, 0.25) is 5.82 Å². The quantitative estimate of drug-likeness (QED) is 0.825. The summed E-state index contributed by atoms with van der Waals surface area (Å²) in [5, 5.41) is 6.98. The number of halogens is 1. The third-order valence-electron chi connectivity index (χ3n) is 2.24. The molecule has 0 saturated heterocycles. The molecule has 5 heteroatoms. The number of aromatic nitrogens is 3. The third-order valence-corrected chi connectivity index (χ3v) is 2.61. The van der Waals surface area contributed by atoms with Gasteiger partial charge in [-0.15, -0.1) is 0 Å². The molecule has 0 spiro atoms. The largest absolute Gasteiger partial charge is 0.299 e. The summed E-state index contributed by atoms with van der Waals surface area (Å²) in [6, 6.07) is 3.82. The van der Waals surface area contributed by atoms with Crippen LogP contribution in [0.1, 0.15) is 0 Å². The molecule has 0 unspecified atom stereocenters. The van der Waals surface area contributed by atoms with Gasteiger partial charge in [0.25, 0.3) is 0 Å². The molecular formula is C10H12ClN4+. The Morgan fingerprint density at radius 1 is 1.47 bits per heavy atom. The SMILES string of the molecule is C[NH2+]c1c(Cl)c(-c2cccnc2)nn1C. The Hall–Kier alpha value is -1.39. The summed E-state index contributed by atoms with van der Waals surface area (Å²) < 4.78 is 1.77. The summed E-state index contributed by atoms with van der Waals surface area (Å²) in [5.41, 5.74) is 1.71. The topological polar surface area (TPSA) is 47.3 Å². The molecule has 0 aliphatic heterocycles. The normalized spacial score (nSPS) is 10.6. The van der Waals surface area contributed by atoms with Crippen molar-refractivity contribution in [3.8, 4) is 11.3 Å². The number of quaternary nitrogens is 1. The second-order valence-electron chi connectivity index (χ2n) is 3.20. The predicted molar refractivity (Wildman–Crippen MR) is 59.0 cm³/mol. The average molecular weight is 224 g/mol. The van der Waals surface area contributed by atoms with Gasteiger partial charge in [-0.1, -0.05) is 11.6 Å². The minimum atomic E-state index is 0.674. The highest BCUT2D eigenvalue weighted by molar-refractivity contribution is 6.34. The van der Waals surface area contributed by atoms with Crippen LogP contribution in [0.5, 0.6) is 0 Å². The van der Waals surface area contributed by atoms with Gasteiger partial charge in [0.05, 0.1) is 7.05 Å². The number of hydrogen-bond acceptors (Lipinski definition) is 2. The molecule has 2 aromatic rings. The molecule has 2 rings (SSSR count). The Kier molecular flexibility index (Phi) is 2.70. The van der Waals surface area contributed by atoms with Crippen molar-refractivity contribution in [1.82, 2.24) is 14.8 Å². The van der Waals surface area contributed by atoms with Crippen molar-refractivity contribution in [2.24, 2.45) is 7.05 Å². The van der Waals surface area contributed by atoms with Gasteiger partial charge >= 0.3 is 0 Å². The summed E-state index contributed by atoms with van der Waals surface area (Å²) in [5.74, 6) is 0.926. The molecule has 0 aliphatic rings. The third kappa shape index (κ3) is 1.73. The van der Waals surface area contributed by atoms with E-state index >= 15 is 0 Å². The van der Waals surface area contributed by atoms with E-state index in [1.807, 2.05) is 31.5 Å². The highest BCUT2D eigenvalue weighted by atomic mass is 35.5. The van der Waals surface area contributed by atoms with Crippen LogP contribution in [0.2, 0.25) is 5.02 Å². The fourth-order valence-corrected chi connectivity index (χ4v) is 1.89. The van der Waals surface area contributed by atoms with Crippen LogP contribution in [0.15, 0.2) is 24.5 Å². The first-order chi connectivity index (χ1) is 7.24. The second kappa shape index (κ2) is 4.00. The molecule has 0 aliphatic carbocycles. The van der Waals surface area contributed by atoms with E-state index in [9.17, 15) is 0 Å². The van der Waals surface area contributed by atoms with E-state index in [0.29, 0.717) is 5.02 Å². The molecule has 2 N–H and O–H groups in total. The van der Waals surface area contributed by atoms with Crippen molar-refractivity contribution in [3.63, 3.8) is 0 Å². The zero-order valence-electron chi connectivity index (χ0n) is 8.61. The van der Waals surface area contributed by atoms with Crippen LogP contribution in [-0.4, -0.2) is 21.8 Å². The van der Waals surface area contributed by atoms with E-state index in [-0.39, 0.29) is 0 Å². The number of nitrogens with two attached hydrogens (primary N) is 1. The van der Waals surface area contributed by atoms with Crippen molar-refractivity contribution in [2.45, 2.75) is 0 Å². The van der Waals surface area contributed by atoms with E-state index in [0.717, 1.165) is 17.1 Å². The highest BCUT2D eigenvalue weighted by Gasteiger charge is 2.17. The molecule has 0 atom stereocenters. The van der Waals surface area contributed by atoms with Gasteiger partial charge < -0.3 is 0 Å². The van der Waals surface area contributed by atoms with Gasteiger partial charge in [-0.3, -0.25) is 10.3 Å². The summed E-state index contributed by atoms with van der Waals surface area (Å²) >= 11 is 6.22. The lowest BCUT2D eigenvalue weighted by atomic mass is 10.2. The van der Waals surface area contributed by atoms with Crippen LogP contribution in [-0.2, 0) is 7.05 Å². The zero-order chi connectivity index (χ0) is 10.8. The minimum absolute atomic E-state index is 0.674. The van der Waals surface area contributed by atoms with Crippen LogP contribution in [0.25, 0.3) is 11.3 Å². The van der Waals surface area contributed by atoms with Crippen molar-refractivity contribution in [2.75, 3.05) is 7.05 Å². The van der Waals surface area contributed by atoms with Crippen molar-refractivity contribution < 1.29 is 5.32 Å². The summed E-state index contributed by atoms with van der Waals surface area (Å²) in [4.78, 5) is 4.05. The second-order valence-corrected chi connectivity index (χ2v) is 3.58. The Morgan fingerprint density at radius 2 is 2.27 bits per heavy atom. The molecular weight excluding hydrogens is 212 g/mol. The van der Waals surface area contributed by atoms with E-state index in [4.69, 9.17) is 11.6 Å². The molecule has 78 valence electrons. The molecule has 0 radical (unpaired) electrons. The standard InChI is InChI=1S/C10H11ClN4/c1-12-10-8(11)9(14-15(10)2)7-4-3-5-13-6-7/h3-6,12H,1-2H3/p+1. The lowest BCUT2D eigenvalue weighted by molar-refractivity contribution is -0.545. The molecule has 0 amide bonds. The predicted octanol–water partition coefficient (Wildman–Crippen LogP) is 0.960. The summed E-state index contributed by atoms with van der Waals surface area (Å²) in [6.45, 7) is 0. The first-order valence-corrected chi connectivity index (χ1v) is 5.04. The molecule has 0 aromatic carbocycles. The Morgan fingerprint density at radius 3 is 2.80 bits per heavy atom. The smallest absolute Gasteiger partial charge is 0.242 e. The highest BCUT2D eigenvalue weighted by Crippen LogP contribution is 2.29. The summed E-state index contributed by atoms with van der Waals surface area (Å²) in [6.07, 6.45) is 3.49. The van der Waals surface area contributed by atoms with E-state index in [2.05, 4.69) is 10.1 Å². The van der Waals surface area contributed by atoms with Crippen LogP contribution in [0, 0.1) is 0 Å². The first-order valence-electron chi connectivity index (χ1n) is 4.66. The molecule has 2 aromatic heterocycles. The van der Waals surface area contributed by atoms with Gasteiger partial charge in [-0.25, -0.2) is 4.68 Å². The Labute approximate surface area is 92.9 Å². The minimum Gasteiger partial charge on any atom is -0.299 e. The van der Waals surface area contributed by atoms with Gasteiger partial charge in [0.1, 0.15) is 10.7 Å². The fourth-order valence-electron chi connectivity index (χ4n) is 1.51. The molecule has 0 bridgehead atoms. The summed E-state index contributed by atoms with van der Waals surface area (Å²) in [7, 11) is 3.82. The molecule has 0 saturated carbocycles. The maximum Gasteiger partial charge on any atom is 0.242 e. The Bertz CT molecular complexity index is 464. The fraction of sp³-hybridized carbons (Fsp3) is 0.200. The maximum absolute atomic E-state index is 6.22. The lowest BCUT2D eigenvalue weighted by Gasteiger charge is -1.94. The number of rotatable bonds is 2. The molecule has 2 heterocycles. The van der Waals surface area contributed by atoms with E-state index < -0.39 is 0 Å². The Balaban J connectivity index is 2.55. The van der Waals surface area contributed by atoms with Gasteiger partial charge in [-0.05, 0) is 12.1 Å². The van der Waals surface area contributed by atoms with Crippen LogP contribution in [0.4, 0.5) is 5.82 Å². The van der Waals surface area contributed by atoms with Crippen molar-refractivity contribution in [1.29, 1.82) is 0 Å².